The first-order valence-electron chi connectivity index (χ1n) is 3.24. The molecule has 0 bridgehead atoms. The Kier molecular flexibility index (Phi) is 2.42. The third kappa shape index (κ3) is 2.06. The van der Waals surface area contributed by atoms with Gasteiger partial charge in [-0.3, -0.25) is 0 Å². The van der Waals surface area contributed by atoms with Crippen LogP contribution in [0, 0.1) is 0 Å². The molecule has 0 aliphatic heterocycles. The Morgan fingerprint density at radius 2 is 1.69 bits per heavy atom. The van der Waals surface area contributed by atoms with Crippen LogP contribution in [0.3, 0.4) is 0 Å². The van der Waals surface area contributed by atoms with E-state index in [0.717, 1.165) is 6.07 Å². The van der Waals surface area contributed by atoms with Gasteiger partial charge in [-0.05, 0) is 28.1 Å². The van der Waals surface area contributed by atoms with E-state index in [1.807, 2.05) is 0 Å². The van der Waals surface area contributed by atoms with Gasteiger partial charge in [0.05, 0.1) is 10.0 Å². The quantitative estimate of drug-likeness (QED) is 0.700. The Morgan fingerprint density at radius 3 is 2.15 bits per heavy atom. The third-order valence-corrected chi connectivity index (χ3v) is 2.31. The summed E-state index contributed by atoms with van der Waals surface area (Å²) in [6, 6.07) is 2.10. The summed E-state index contributed by atoms with van der Waals surface area (Å²) >= 11 is 2.75. The highest BCUT2D eigenvalue weighted by molar-refractivity contribution is 9.10. The molecule has 1 rings (SSSR count). The fourth-order valence-corrected chi connectivity index (χ4v) is 1.33. The molecular formula is C7H6BrF3N2. The lowest BCUT2D eigenvalue weighted by atomic mass is 10.1. The zero-order valence-corrected chi connectivity index (χ0v) is 7.91. The molecule has 6 heteroatoms. The van der Waals surface area contributed by atoms with Gasteiger partial charge in [0.1, 0.15) is 0 Å². The molecule has 1 aromatic carbocycles. The Bertz CT molecular complexity index is 335. The standard InChI is InChI=1S/C7H6BrF3N2/c8-6-4(7(9,10)11)1-3(12)2-5(6)13/h1-2H,12-13H2. The molecule has 0 aliphatic rings. The lowest BCUT2D eigenvalue weighted by molar-refractivity contribution is -0.138. The van der Waals surface area contributed by atoms with Crippen molar-refractivity contribution in [3.8, 4) is 0 Å². The van der Waals surface area contributed by atoms with Crippen molar-refractivity contribution in [1.82, 2.24) is 0 Å². The van der Waals surface area contributed by atoms with E-state index in [1.54, 1.807) is 0 Å². The monoisotopic (exact) mass is 254 g/mol. The van der Waals surface area contributed by atoms with Crippen LogP contribution >= 0.6 is 15.9 Å². The van der Waals surface area contributed by atoms with Crippen LogP contribution < -0.4 is 11.5 Å². The summed E-state index contributed by atoms with van der Waals surface area (Å²) in [6.45, 7) is 0. The molecular weight excluding hydrogens is 249 g/mol. The molecule has 0 atom stereocenters. The van der Waals surface area contributed by atoms with Gasteiger partial charge in [0.2, 0.25) is 0 Å². The van der Waals surface area contributed by atoms with Gasteiger partial charge in [-0.15, -0.1) is 0 Å². The van der Waals surface area contributed by atoms with Gasteiger partial charge in [-0.25, -0.2) is 0 Å². The second-order valence-corrected chi connectivity index (χ2v) is 3.26. The van der Waals surface area contributed by atoms with Crippen molar-refractivity contribution in [1.29, 1.82) is 0 Å². The molecule has 72 valence electrons. The topological polar surface area (TPSA) is 52.0 Å². The minimum absolute atomic E-state index is 0.00646. The van der Waals surface area contributed by atoms with Crippen LogP contribution in [0.4, 0.5) is 24.5 Å². The van der Waals surface area contributed by atoms with Crippen molar-refractivity contribution in [2.75, 3.05) is 11.5 Å². The van der Waals surface area contributed by atoms with E-state index >= 15 is 0 Å². The number of hydrogen-bond acceptors (Lipinski definition) is 2. The molecule has 0 heterocycles. The van der Waals surface area contributed by atoms with Crippen molar-refractivity contribution in [3.63, 3.8) is 0 Å². The maximum absolute atomic E-state index is 12.3. The Balaban J connectivity index is 3.37. The van der Waals surface area contributed by atoms with Gasteiger partial charge >= 0.3 is 6.18 Å². The molecule has 0 aromatic heterocycles. The van der Waals surface area contributed by atoms with E-state index in [-0.39, 0.29) is 15.8 Å². The summed E-state index contributed by atoms with van der Waals surface area (Å²) in [7, 11) is 0. The van der Waals surface area contributed by atoms with E-state index in [0.29, 0.717) is 0 Å². The lowest BCUT2D eigenvalue weighted by Crippen LogP contribution is -2.08. The maximum Gasteiger partial charge on any atom is 0.417 e. The zero-order valence-electron chi connectivity index (χ0n) is 6.32. The zero-order chi connectivity index (χ0) is 10.2. The van der Waals surface area contributed by atoms with Crippen LogP contribution in [0.2, 0.25) is 0 Å². The van der Waals surface area contributed by atoms with Crippen molar-refractivity contribution < 1.29 is 13.2 Å². The molecule has 0 radical (unpaired) electrons. The van der Waals surface area contributed by atoms with Gasteiger partial charge < -0.3 is 11.5 Å². The van der Waals surface area contributed by atoms with Gasteiger partial charge in [0.15, 0.2) is 0 Å². The third-order valence-electron chi connectivity index (χ3n) is 1.43. The molecule has 2 nitrogen and oxygen atoms in total. The van der Waals surface area contributed by atoms with Crippen LogP contribution in [0.1, 0.15) is 5.56 Å². The molecule has 0 aliphatic carbocycles. The van der Waals surface area contributed by atoms with Crippen molar-refractivity contribution in [2.45, 2.75) is 6.18 Å². The predicted octanol–water partition coefficient (Wildman–Crippen LogP) is 2.63. The number of rotatable bonds is 0. The molecule has 0 spiro atoms. The van der Waals surface area contributed by atoms with E-state index in [2.05, 4.69) is 15.9 Å². The number of anilines is 2. The van der Waals surface area contributed by atoms with Crippen LogP contribution in [-0.4, -0.2) is 0 Å². The Morgan fingerprint density at radius 1 is 1.15 bits per heavy atom. The molecule has 0 fully saturated rings. The largest absolute Gasteiger partial charge is 0.417 e. The van der Waals surface area contributed by atoms with Gasteiger partial charge in [-0.2, -0.15) is 13.2 Å². The molecule has 1 aromatic rings. The summed E-state index contributed by atoms with van der Waals surface area (Å²) in [5.41, 5.74) is 9.63. The normalized spacial score (nSPS) is 11.7. The Hall–Kier alpha value is -0.910. The van der Waals surface area contributed by atoms with Gasteiger partial charge in [0.25, 0.3) is 0 Å². The predicted molar refractivity (Wildman–Crippen MR) is 48.0 cm³/mol. The first-order valence-corrected chi connectivity index (χ1v) is 4.03. The summed E-state index contributed by atoms with van der Waals surface area (Å²) < 4.78 is 36.6. The highest BCUT2D eigenvalue weighted by Gasteiger charge is 2.33. The maximum atomic E-state index is 12.3. The minimum atomic E-state index is -4.44. The van der Waals surface area contributed by atoms with E-state index < -0.39 is 11.7 Å². The minimum Gasteiger partial charge on any atom is -0.399 e. The van der Waals surface area contributed by atoms with E-state index in [9.17, 15) is 13.2 Å². The summed E-state index contributed by atoms with van der Waals surface area (Å²) in [6.07, 6.45) is -4.44. The first-order chi connectivity index (χ1) is 5.82. The summed E-state index contributed by atoms with van der Waals surface area (Å²) in [5, 5.41) is 0. The van der Waals surface area contributed by atoms with Crippen molar-refractivity contribution in [3.05, 3.63) is 22.2 Å². The van der Waals surface area contributed by atoms with Crippen LogP contribution in [-0.2, 0) is 6.18 Å². The summed E-state index contributed by atoms with van der Waals surface area (Å²) in [5.74, 6) is 0. The average molecular weight is 255 g/mol. The van der Waals surface area contributed by atoms with Crippen molar-refractivity contribution >= 4 is 27.3 Å². The SMILES string of the molecule is Nc1cc(N)c(Br)c(C(F)(F)F)c1. The average Bonchev–Trinajstić information content (AvgIpc) is 1.94. The van der Waals surface area contributed by atoms with Crippen LogP contribution in [0.25, 0.3) is 0 Å². The fraction of sp³-hybridized carbons (Fsp3) is 0.143. The van der Waals surface area contributed by atoms with E-state index in [4.69, 9.17) is 11.5 Å². The number of nitrogens with two attached hydrogens (primary N) is 2. The number of benzene rings is 1. The molecule has 4 N–H and O–H groups in total. The van der Waals surface area contributed by atoms with Crippen LogP contribution in [0.5, 0.6) is 0 Å². The molecule has 0 saturated heterocycles. The van der Waals surface area contributed by atoms with Crippen LogP contribution in [0.15, 0.2) is 16.6 Å². The van der Waals surface area contributed by atoms with Crippen molar-refractivity contribution in [2.24, 2.45) is 0 Å². The smallest absolute Gasteiger partial charge is 0.399 e. The summed E-state index contributed by atoms with van der Waals surface area (Å²) in [4.78, 5) is 0. The molecule has 0 amide bonds. The number of halogens is 4. The van der Waals surface area contributed by atoms with Gasteiger partial charge in [-0.1, -0.05) is 0 Å². The first kappa shape index (κ1) is 10.2. The van der Waals surface area contributed by atoms with E-state index in [1.165, 1.54) is 6.07 Å². The number of hydrogen-bond donors (Lipinski definition) is 2. The molecule has 13 heavy (non-hydrogen) atoms. The second-order valence-electron chi connectivity index (χ2n) is 2.47. The Labute approximate surface area is 80.8 Å². The second kappa shape index (κ2) is 3.10. The highest BCUT2D eigenvalue weighted by atomic mass is 79.9. The number of nitrogen functional groups attached to an aromatic ring is 2. The molecule has 0 saturated carbocycles. The molecule has 0 unspecified atom stereocenters. The lowest BCUT2D eigenvalue weighted by Gasteiger charge is -2.11. The fourth-order valence-electron chi connectivity index (χ4n) is 0.876. The number of alkyl halides is 3. The highest BCUT2D eigenvalue weighted by Crippen LogP contribution is 2.38. The van der Waals surface area contributed by atoms with Gasteiger partial charge in [0, 0.05) is 11.4 Å².